The van der Waals surface area contributed by atoms with Crippen molar-refractivity contribution >= 4 is 5.97 Å². The van der Waals surface area contributed by atoms with Gasteiger partial charge < -0.3 is 9.52 Å². The zero-order chi connectivity index (χ0) is 13.3. The number of carboxylic acids is 1. The molecule has 1 aromatic heterocycles. The van der Waals surface area contributed by atoms with Crippen LogP contribution in [0.1, 0.15) is 68.6 Å². The molecular weight excluding hydrogens is 230 g/mol. The minimum atomic E-state index is -1.01. The highest BCUT2D eigenvalue weighted by atomic mass is 16.4. The van der Waals surface area contributed by atoms with E-state index in [0.717, 1.165) is 12.8 Å². The monoisotopic (exact) mass is 251 g/mol. The van der Waals surface area contributed by atoms with Crippen molar-refractivity contribution in [1.82, 2.24) is 4.98 Å². The van der Waals surface area contributed by atoms with Crippen LogP contribution in [-0.4, -0.2) is 16.1 Å². The normalized spacial score (nSPS) is 18.4. The van der Waals surface area contributed by atoms with E-state index in [1.54, 1.807) is 0 Å². The van der Waals surface area contributed by atoms with Crippen LogP contribution in [0.25, 0.3) is 0 Å². The Balaban J connectivity index is 2.35. The van der Waals surface area contributed by atoms with Gasteiger partial charge in [0.1, 0.15) is 0 Å². The second-order valence-electron chi connectivity index (χ2n) is 5.97. The number of oxazole rings is 1. The van der Waals surface area contributed by atoms with Gasteiger partial charge in [0.25, 0.3) is 0 Å². The molecule has 1 N–H and O–H groups in total. The highest BCUT2D eigenvalue weighted by molar-refractivity contribution is 5.85. The van der Waals surface area contributed by atoms with Crippen molar-refractivity contribution in [2.24, 2.45) is 5.92 Å². The maximum absolute atomic E-state index is 11.2. The van der Waals surface area contributed by atoms with Crippen LogP contribution in [0.5, 0.6) is 0 Å². The van der Waals surface area contributed by atoms with Gasteiger partial charge in [-0.1, -0.05) is 33.6 Å². The summed E-state index contributed by atoms with van der Waals surface area (Å²) in [6.45, 7) is 6.23. The molecule has 0 atom stereocenters. The first kappa shape index (κ1) is 13.1. The molecule has 0 unspecified atom stereocenters. The zero-order valence-electron chi connectivity index (χ0n) is 11.3. The summed E-state index contributed by atoms with van der Waals surface area (Å²) in [5.74, 6) is 0.0170. The van der Waals surface area contributed by atoms with Crippen molar-refractivity contribution in [2.45, 2.75) is 58.3 Å². The molecule has 0 aliphatic heterocycles. The van der Waals surface area contributed by atoms with Gasteiger partial charge >= 0.3 is 5.97 Å². The van der Waals surface area contributed by atoms with E-state index in [-0.39, 0.29) is 11.2 Å². The van der Waals surface area contributed by atoms with Crippen LogP contribution >= 0.6 is 0 Å². The Hall–Kier alpha value is -1.32. The van der Waals surface area contributed by atoms with Gasteiger partial charge in [-0.2, -0.15) is 0 Å². The molecule has 1 saturated carbocycles. The second kappa shape index (κ2) is 4.75. The quantitative estimate of drug-likeness (QED) is 0.890. The van der Waals surface area contributed by atoms with Crippen LogP contribution in [-0.2, 0) is 11.8 Å². The first-order valence-corrected chi connectivity index (χ1v) is 6.66. The van der Waals surface area contributed by atoms with E-state index in [9.17, 15) is 9.90 Å². The number of hydrogen-bond acceptors (Lipinski definition) is 3. The number of nitrogens with zero attached hydrogens (tertiary/aromatic N) is 1. The highest BCUT2D eigenvalue weighted by Crippen LogP contribution is 2.40. The molecule has 1 heterocycles. The summed E-state index contributed by atoms with van der Waals surface area (Å²) in [6, 6.07) is 0. The lowest BCUT2D eigenvalue weighted by molar-refractivity contribution is 0.0656. The van der Waals surface area contributed by atoms with Gasteiger partial charge in [0.05, 0.1) is 5.69 Å². The van der Waals surface area contributed by atoms with Gasteiger partial charge in [-0.05, 0) is 25.2 Å². The van der Waals surface area contributed by atoms with E-state index in [1.165, 1.54) is 12.8 Å². The Morgan fingerprint density at radius 2 is 2.06 bits per heavy atom. The molecule has 1 aliphatic rings. The number of aromatic carboxylic acids is 1. The lowest BCUT2D eigenvalue weighted by atomic mass is 9.89. The Morgan fingerprint density at radius 1 is 1.44 bits per heavy atom. The van der Waals surface area contributed by atoms with Gasteiger partial charge in [-0.25, -0.2) is 9.78 Å². The van der Waals surface area contributed by atoms with Gasteiger partial charge in [0.2, 0.25) is 11.7 Å². The predicted molar refractivity (Wildman–Crippen MR) is 67.8 cm³/mol. The summed E-state index contributed by atoms with van der Waals surface area (Å²) in [5, 5.41) is 9.18. The molecule has 18 heavy (non-hydrogen) atoms. The summed E-state index contributed by atoms with van der Waals surface area (Å²) >= 11 is 0. The van der Waals surface area contributed by atoms with E-state index >= 15 is 0 Å². The minimum absolute atomic E-state index is 0.0341. The molecule has 0 spiro atoms. The molecule has 0 saturated heterocycles. The first-order valence-electron chi connectivity index (χ1n) is 6.66. The fraction of sp³-hybridized carbons (Fsp3) is 0.714. The standard InChI is InChI=1S/C14H21NO3/c1-9(2)8-10-11(12(16)17)18-13(15-10)14(3)6-4-5-7-14/h9H,4-8H2,1-3H3,(H,16,17). The van der Waals surface area contributed by atoms with Gasteiger partial charge in [0, 0.05) is 5.41 Å². The van der Waals surface area contributed by atoms with Gasteiger partial charge in [0.15, 0.2) is 0 Å². The minimum Gasteiger partial charge on any atom is -0.475 e. The van der Waals surface area contributed by atoms with Crippen LogP contribution in [0.15, 0.2) is 4.42 Å². The molecule has 0 radical (unpaired) electrons. The summed E-state index contributed by atoms with van der Waals surface area (Å²) in [4.78, 5) is 15.7. The third kappa shape index (κ3) is 2.42. The van der Waals surface area contributed by atoms with Crippen molar-refractivity contribution in [2.75, 3.05) is 0 Å². The van der Waals surface area contributed by atoms with E-state index < -0.39 is 5.97 Å². The Kier molecular flexibility index (Phi) is 3.46. The Morgan fingerprint density at radius 3 is 2.56 bits per heavy atom. The molecular formula is C14H21NO3. The Bertz CT molecular complexity index is 442. The third-order valence-corrected chi connectivity index (χ3v) is 3.72. The van der Waals surface area contributed by atoms with E-state index in [2.05, 4.69) is 25.8 Å². The van der Waals surface area contributed by atoms with Crippen molar-refractivity contribution in [3.8, 4) is 0 Å². The molecule has 4 nitrogen and oxygen atoms in total. The fourth-order valence-electron chi connectivity index (χ4n) is 2.67. The van der Waals surface area contributed by atoms with Crippen LogP contribution in [0.2, 0.25) is 0 Å². The molecule has 1 aromatic rings. The molecule has 0 aromatic carbocycles. The number of aromatic nitrogens is 1. The Labute approximate surface area is 107 Å². The average molecular weight is 251 g/mol. The third-order valence-electron chi connectivity index (χ3n) is 3.72. The maximum Gasteiger partial charge on any atom is 0.373 e. The molecule has 0 amide bonds. The van der Waals surface area contributed by atoms with E-state index in [4.69, 9.17) is 4.42 Å². The first-order chi connectivity index (χ1) is 8.42. The number of carboxylic acid groups (broad SMARTS) is 1. The molecule has 4 heteroatoms. The van der Waals surface area contributed by atoms with Gasteiger partial charge in [-0.15, -0.1) is 0 Å². The zero-order valence-corrected chi connectivity index (χ0v) is 11.3. The number of rotatable bonds is 4. The number of hydrogen-bond donors (Lipinski definition) is 1. The summed E-state index contributed by atoms with van der Waals surface area (Å²) in [7, 11) is 0. The smallest absolute Gasteiger partial charge is 0.373 e. The predicted octanol–water partition coefficient (Wildman–Crippen LogP) is 3.40. The highest BCUT2D eigenvalue weighted by Gasteiger charge is 2.37. The van der Waals surface area contributed by atoms with E-state index in [1.807, 2.05) is 0 Å². The molecule has 2 rings (SSSR count). The average Bonchev–Trinajstić information content (AvgIpc) is 2.84. The van der Waals surface area contributed by atoms with Crippen molar-refractivity contribution in [3.63, 3.8) is 0 Å². The van der Waals surface area contributed by atoms with Crippen LogP contribution in [0.4, 0.5) is 0 Å². The van der Waals surface area contributed by atoms with Crippen molar-refractivity contribution in [1.29, 1.82) is 0 Å². The van der Waals surface area contributed by atoms with Crippen molar-refractivity contribution < 1.29 is 14.3 Å². The van der Waals surface area contributed by atoms with Crippen molar-refractivity contribution in [3.05, 3.63) is 17.3 Å². The van der Waals surface area contributed by atoms with Crippen LogP contribution in [0, 0.1) is 5.92 Å². The molecule has 1 aliphatic carbocycles. The summed E-state index contributed by atoms with van der Waals surface area (Å²) in [5.41, 5.74) is 0.528. The summed E-state index contributed by atoms with van der Waals surface area (Å²) < 4.78 is 5.55. The lowest BCUT2D eigenvalue weighted by Gasteiger charge is -2.18. The lowest BCUT2D eigenvalue weighted by Crippen LogP contribution is -2.17. The van der Waals surface area contributed by atoms with Gasteiger partial charge in [-0.3, -0.25) is 0 Å². The molecule has 100 valence electrons. The maximum atomic E-state index is 11.2. The molecule has 1 fully saturated rings. The summed E-state index contributed by atoms with van der Waals surface area (Å²) in [6.07, 6.45) is 5.06. The second-order valence-corrected chi connectivity index (χ2v) is 5.97. The van der Waals surface area contributed by atoms with Crippen LogP contribution in [0.3, 0.4) is 0 Å². The van der Waals surface area contributed by atoms with Crippen LogP contribution < -0.4 is 0 Å². The topological polar surface area (TPSA) is 63.3 Å². The molecule has 0 bridgehead atoms. The SMILES string of the molecule is CC(C)Cc1nc(C2(C)CCCC2)oc1C(=O)O. The largest absolute Gasteiger partial charge is 0.475 e. The van der Waals surface area contributed by atoms with E-state index in [0.29, 0.717) is 23.9 Å². The number of carbonyl (C=O) groups is 1. The fourth-order valence-corrected chi connectivity index (χ4v) is 2.67.